The van der Waals surface area contributed by atoms with Crippen LogP contribution in [0.2, 0.25) is 0 Å². The van der Waals surface area contributed by atoms with Gasteiger partial charge in [0.2, 0.25) is 0 Å². The van der Waals surface area contributed by atoms with Gasteiger partial charge in [-0.3, -0.25) is 4.79 Å². The van der Waals surface area contributed by atoms with Gasteiger partial charge in [0.1, 0.15) is 6.04 Å². The third-order valence-corrected chi connectivity index (χ3v) is 3.11. The van der Waals surface area contributed by atoms with Crippen LogP contribution in [0.3, 0.4) is 0 Å². The zero-order valence-corrected chi connectivity index (χ0v) is 11.4. The molecule has 5 nitrogen and oxygen atoms in total. The Morgan fingerprint density at radius 3 is 2.71 bits per heavy atom. The second-order valence-electron chi connectivity index (χ2n) is 5.29. The predicted molar refractivity (Wildman–Crippen MR) is 69.4 cm³/mol. The molecule has 6 heteroatoms. The zero-order chi connectivity index (χ0) is 13.2. The Kier molecular flexibility index (Phi) is 4.11. The van der Waals surface area contributed by atoms with E-state index in [4.69, 9.17) is 10.8 Å². The van der Waals surface area contributed by atoms with Gasteiger partial charge in [0.05, 0.1) is 5.69 Å². The summed E-state index contributed by atoms with van der Waals surface area (Å²) in [4.78, 5) is 17.0. The molecular weight excluding hydrogens is 238 g/mol. The van der Waals surface area contributed by atoms with Gasteiger partial charge in [0.15, 0.2) is 5.13 Å². The molecule has 17 heavy (non-hydrogen) atoms. The minimum Gasteiger partial charge on any atom is -0.480 e. The third kappa shape index (κ3) is 3.98. The van der Waals surface area contributed by atoms with E-state index in [2.05, 4.69) is 25.8 Å². The average molecular weight is 257 g/mol. The number of nitrogens with two attached hydrogens (primary N) is 1. The van der Waals surface area contributed by atoms with Crippen LogP contribution in [0.1, 0.15) is 32.5 Å². The summed E-state index contributed by atoms with van der Waals surface area (Å²) in [6, 6.07) is -1.04. The molecular formula is C11H19N3O2S. The van der Waals surface area contributed by atoms with Gasteiger partial charge >= 0.3 is 5.97 Å². The largest absolute Gasteiger partial charge is 0.480 e. The number of thiazole rings is 1. The summed E-state index contributed by atoms with van der Waals surface area (Å²) < 4.78 is 0. The first kappa shape index (κ1) is 13.9. The molecule has 0 saturated carbocycles. The number of hydrogen-bond donors (Lipinski definition) is 2. The van der Waals surface area contributed by atoms with Crippen molar-refractivity contribution in [3.05, 3.63) is 11.1 Å². The van der Waals surface area contributed by atoms with Crippen LogP contribution >= 0.6 is 11.3 Å². The molecule has 0 aliphatic rings. The van der Waals surface area contributed by atoms with Crippen LogP contribution < -0.4 is 10.6 Å². The molecule has 1 aromatic heterocycles. The van der Waals surface area contributed by atoms with Crippen molar-refractivity contribution in [2.75, 3.05) is 18.5 Å². The van der Waals surface area contributed by atoms with Crippen molar-refractivity contribution >= 4 is 22.4 Å². The van der Waals surface area contributed by atoms with Crippen LogP contribution in [0.5, 0.6) is 0 Å². The lowest BCUT2D eigenvalue weighted by atomic mass is 9.96. The topological polar surface area (TPSA) is 79.5 Å². The van der Waals surface area contributed by atoms with Crippen LogP contribution in [0.15, 0.2) is 5.38 Å². The molecule has 1 atom stereocenters. The third-order valence-electron chi connectivity index (χ3n) is 2.13. The fraction of sp³-hybridized carbons (Fsp3) is 0.636. The highest BCUT2D eigenvalue weighted by molar-refractivity contribution is 7.13. The standard InChI is InChI=1S/C11H19N3O2S/c1-11(2,3)6-14(4)10-13-7(5-17-10)8(12)9(15)16/h5,8H,6,12H2,1-4H3,(H,15,16). The van der Waals surface area contributed by atoms with Crippen LogP contribution in [-0.4, -0.2) is 29.7 Å². The van der Waals surface area contributed by atoms with Crippen molar-refractivity contribution in [2.45, 2.75) is 26.8 Å². The Balaban J connectivity index is 2.77. The van der Waals surface area contributed by atoms with E-state index in [0.717, 1.165) is 11.7 Å². The first-order valence-electron chi connectivity index (χ1n) is 5.35. The summed E-state index contributed by atoms with van der Waals surface area (Å²) in [7, 11) is 1.94. The summed E-state index contributed by atoms with van der Waals surface area (Å²) >= 11 is 1.42. The second-order valence-corrected chi connectivity index (χ2v) is 6.12. The number of carboxylic acid groups (broad SMARTS) is 1. The first-order valence-corrected chi connectivity index (χ1v) is 6.23. The van der Waals surface area contributed by atoms with Gasteiger partial charge < -0.3 is 15.7 Å². The maximum Gasteiger partial charge on any atom is 0.326 e. The van der Waals surface area contributed by atoms with Gasteiger partial charge in [-0.2, -0.15) is 0 Å². The van der Waals surface area contributed by atoms with E-state index in [1.165, 1.54) is 11.3 Å². The van der Waals surface area contributed by atoms with E-state index in [-0.39, 0.29) is 5.41 Å². The quantitative estimate of drug-likeness (QED) is 0.858. The molecule has 3 N–H and O–H groups in total. The predicted octanol–water partition coefficient (Wildman–Crippen LogP) is 1.71. The Morgan fingerprint density at radius 2 is 2.24 bits per heavy atom. The summed E-state index contributed by atoms with van der Waals surface area (Å²) in [5.74, 6) is -1.06. The number of rotatable bonds is 4. The van der Waals surface area contributed by atoms with Crippen molar-refractivity contribution < 1.29 is 9.90 Å². The Bertz CT molecular complexity index is 398. The van der Waals surface area contributed by atoms with Crippen LogP contribution in [0.25, 0.3) is 0 Å². The fourth-order valence-electron chi connectivity index (χ4n) is 1.50. The molecule has 0 radical (unpaired) electrons. The minimum absolute atomic E-state index is 0.162. The number of carboxylic acids is 1. The molecule has 0 saturated heterocycles. The van der Waals surface area contributed by atoms with Gasteiger partial charge in [0.25, 0.3) is 0 Å². The van der Waals surface area contributed by atoms with E-state index >= 15 is 0 Å². The molecule has 0 aromatic carbocycles. The molecule has 0 spiro atoms. The minimum atomic E-state index is -1.06. The molecule has 96 valence electrons. The Morgan fingerprint density at radius 1 is 1.65 bits per heavy atom. The number of carbonyl (C=O) groups is 1. The van der Waals surface area contributed by atoms with E-state index in [0.29, 0.717) is 5.69 Å². The highest BCUT2D eigenvalue weighted by atomic mass is 32.1. The summed E-state index contributed by atoms with van der Waals surface area (Å²) in [5.41, 5.74) is 6.08. The number of anilines is 1. The zero-order valence-electron chi connectivity index (χ0n) is 10.6. The van der Waals surface area contributed by atoms with Crippen LogP contribution in [0.4, 0.5) is 5.13 Å². The van der Waals surface area contributed by atoms with Gasteiger partial charge in [-0.1, -0.05) is 20.8 Å². The normalized spacial score (nSPS) is 13.5. The molecule has 0 aliphatic heterocycles. The molecule has 0 bridgehead atoms. The summed E-state index contributed by atoms with van der Waals surface area (Å²) in [6.07, 6.45) is 0. The lowest BCUT2D eigenvalue weighted by molar-refractivity contribution is -0.138. The van der Waals surface area contributed by atoms with Gasteiger partial charge in [0, 0.05) is 19.0 Å². The van der Waals surface area contributed by atoms with Gasteiger partial charge in [-0.15, -0.1) is 11.3 Å². The van der Waals surface area contributed by atoms with Crippen LogP contribution in [-0.2, 0) is 4.79 Å². The van der Waals surface area contributed by atoms with E-state index in [1.54, 1.807) is 5.38 Å². The van der Waals surface area contributed by atoms with Crippen molar-refractivity contribution in [1.29, 1.82) is 0 Å². The molecule has 1 heterocycles. The smallest absolute Gasteiger partial charge is 0.326 e. The van der Waals surface area contributed by atoms with Gasteiger partial charge in [-0.25, -0.2) is 4.98 Å². The molecule has 1 rings (SSSR count). The van der Waals surface area contributed by atoms with Crippen molar-refractivity contribution in [2.24, 2.45) is 11.1 Å². The Labute approximate surface area is 105 Å². The lowest BCUT2D eigenvalue weighted by Crippen LogP contribution is -2.29. The molecule has 1 unspecified atom stereocenters. The number of hydrogen-bond acceptors (Lipinski definition) is 5. The summed E-state index contributed by atoms with van der Waals surface area (Å²) in [5, 5.41) is 11.3. The molecule has 1 aromatic rings. The maximum atomic E-state index is 10.7. The highest BCUT2D eigenvalue weighted by Crippen LogP contribution is 2.25. The molecule has 0 fully saturated rings. The van der Waals surface area contributed by atoms with Crippen LogP contribution in [0, 0.1) is 5.41 Å². The lowest BCUT2D eigenvalue weighted by Gasteiger charge is -2.26. The van der Waals surface area contributed by atoms with Crippen molar-refractivity contribution in [1.82, 2.24) is 4.98 Å². The van der Waals surface area contributed by atoms with E-state index in [1.807, 2.05) is 11.9 Å². The SMILES string of the molecule is CN(CC(C)(C)C)c1nc(C(N)C(=O)O)cs1. The van der Waals surface area contributed by atoms with E-state index < -0.39 is 12.0 Å². The molecule has 0 aliphatic carbocycles. The fourth-order valence-corrected chi connectivity index (χ4v) is 2.33. The maximum absolute atomic E-state index is 10.7. The number of aromatic nitrogens is 1. The number of nitrogens with zero attached hydrogens (tertiary/aromatic N) is 2. The highest BCUT2D eigenvalue weighted by Gasteiger charge is 2.20. The Hall–Kier alpha value is -1.14. The van der Waals surface area contributed by atoms with Crippen molar-refractivity contribution in [3.63, 3.8) is 0 Å². The summed E-state index contributed by atoms with van der Waals surface area (Å²) in [6.45, 7) is 7.27. The average Bonchev–Trinajstić information content (AvgIpc) is 2.62. The van der Waals surface area contributed by atoms with Crippen molar-refractivity contribution in [3.8, 4) is 0 Å². The van der Waals surface area contributed by atoms with Gasteiger partial charge in [-0.05, 0) is 5.41 Å². The number of aliphatic carboxylic acids is 1. The second kappa shape index (κ2) is 5.01. The van der Waals surface area contributed by atoms with E-state index in [9.17, 15) is 4.79 Å². The monoisotopic (exact) mass is 257 g/mol. The first-order chi connectivity index (χ1) is 7.70. The molecule has 0 amide bonds.